The molecule has 4 amide bonds. The lowest BCUT2D eigenvalue weighted by Gasteiger charge is -2.29. The van der Waals surface area contributed by atoms with E-state index in [1.54, 1.807) is 57.2 Å². The van der Waals surface area contributed by atoms with Crippen molar-refractivity contribution in [1.82, 2.24) is 24.7 Å². The van der Waals surface area contributed by atoms with Gasteiger partial charge in [0, 0.05) is 19.8 Å². The maximum atomic E-state index is 13.5. The standard InChI is InChI=1S/C34H46N6O7S/c1-33(2,3)47-32(44)38-34(4,5)31(43)37-28(21-46-20-23-12-10-9-11-13-23)29(41)36-25-18-35-40(19-25)48-22-27(30(42)39(6)7)24-14-16-26(45-8)17-15-24/h9-19,27-28H,20-22H2,1-8H3,(H,36,41)(H,37,43)(H,38,44)/t27?,28-/m1/s1. The molecule has 2 aromatic carbocycles. The maximum absolute atomic E-state index is 13.5. The van der Waals surface area contributed by atoms with Crippen molar-refractivity contribution < 1.29 is 33.4 Å². The Bertz CT molecular complexity index is 1520. The second-order valence-electron chi connectivity index (χ2n) is 12.8. The quantitative estimate of drug-likeness (QED) is 0.214. The Morgan fingerprint density at radius 2 is 1.65 bits per heavy atom. The van der Waals surface area contributed by atoms with Crippen LogP contribution in [0.4, 0.5) is 10.5 Å². The van der Waals surface area contributed by atoms with E-state index in [1.165, 1.54) is 32.0 Å². The maximum Gasteiger partial charge on any atom is 0.408 e. The molecule has 1 unspecified atom stereocenters. The van der Waals surface area contributed by atoms with Crippen molar-refractivity contribution in [3.63, 3.8) is 0 Å². The molecule has 0 aliphatic carbocycles. The molecule has 0 saturated carbocycles. The van der Waals surface area contributed by atoms with E-state index < -0.39 is 41.0 Å². The molecule has 0 saturated heterocycles. The highest BCUT2D eigenvalue weighted by molar-refractivity contribution is 7.97. The van der Waals surface area contributed by atoms with E-state index in [0.717, 1.165) is 11.1 Å². The van der Waals surface area contributed by atoms with Gasteiger partial charge in [-0.15, -0.1) is 0 Å². The molecule has 13 nitrogen and oxygen atoms in total. The summed E-state index contributed by atoms with van der Waals surface area (Å²) in [6, 6.07) is 15.6. The Kier molecular flexibility index (Phi) is 13.4. The van der Waals surface area contributed by atoms with Gasteiger partial charge in [0.05, 0.1) is 44.3 Å². The number of carbonyl (C=O) groups excluding carboxylic acids is 4. The van der Waals surface area contributed by atoms with Crippen LogP contribution in [0, 0.1) is 0 Å². The third-order valence-electron chi connectivity index (χ3n) is 6.86. The van der Waals surface area contributed by atoms with Crippen molar-refractivity contribution >= 4 is 41.5 Å². The van der Waals surface area contributed by atoms with Gasteiger partial charge in [-0.1, -0.05) is 42.5 Å². The molecule has 1 heterocycles. The highest BCUT2D eigenvalue weighted by atomic mass is 32.2. The number of likely N-dealkylation sites (N-methyl/N-ethyl adjacent to an activating group) is 1. The van der Waals surface area contributed by atoms with Crippen LogP contribution in [0.25, 0.3) is 0 Å². The Morgan fingerprint density at radius 1 is 0.979 bits per heavy atom. The molecule has 2 atom stereocenters. The predicted molar refractivity (Wildman–Crippen MR) is 185 cm³/mol. The average molecular weight is 683 g/mol. The van der Waals surface area contributed by atoms with Gasteiger partial charge < -0.3 is 35.1 Å². The third-order valence-corrected chi connectivity index (χ3v) is 7.80. The summed E-state index contributed by atoms with van der Waals surface area (Å²) in [6.07, 6.45) is 2.32. The van der Waals surface area contributed by atoms with Crippen LogP contribution in [0.2, 0.25) is 0 Å². The second-order valence-corrected chi connectivity index (χ2v) is 13.7. The molecule has 0 bridgehead atoms. The Hall–Kier alpha value is -4.56. The number of aromatic nitrogens is 2. The summed E-state index contributed by atoms with van der Waals surface area (Å²) in [5.74, 6) is -0.600. The van der Waals surface area contributed by atoms with Crippen molar-refractivity contribution in [1.29, 1.82) is 0 Å². The fourth-order valence-corrected chi connectivity index (χ4v) is 5.22. The normalized spacial score (nSPS) is 12.8. The van der Waals surface area contributed by atoms with Gasteiger partial charge >= 0.3 is 6.09 Å². The molecule has 1 aromatic heterocycles. The Labute approximate surface area is 286 Å². The molecular weight excluding hydrogens is 636 g/mol. The largest absolute Gasteiger partial charge is 0.497 e. The molecule has 0 spiro atoms. The predicted octanol–water partition coefficient (Wildman–Crippen LogP) is 4.20. The molecule has 0 fully saturated rings. The van der Waals surface area contributed by atoms with Crippen molar-refractivity contribution in [3.8, 4) is 5.75 Å². The number of amides is 4. The molecule has 48 heavy (non-hydrogen) atoms. The number of alkyl carbamates (subject to hydrolysis) is 1. The minimum atomic E-state index is -1.41. The second kappa shape index (κ2) is 17.0. The van der Waals surface area contributed by atoms with Crippen molar-refractivity contribution in [2.75, 3.05) is 38.9 Å². The van der Waals surface area contributed by atoms with Crippen LogP contribution in [0.1, 0.15) is 51.7 Å². The summed E-state index contributed by atoms with van der Waals surface area (Å²) in [4.78, 5) is 53.7. The van der Waals surface area contributed by atoms with Crippen LogP contribution >= 0.6 is 11.9 Å². The van der Waals surface area contributed by atoms with Gasteiger partial charge in [0.25, 0.3) is 0 Å². The van der Waals surface area contributed by atoms with Crippen LogP contribution in [0.3, 0.4) is 0 Å². The number of benzene rings is 2. The first-order valence-electron chi connectivity index (χ1n) is 15.4. The number of rotatable bonds is 15. The zero-order chi connectivity index (χ0) is 35.5. The molecule has 260 valence electrons. The molecule has 3 aromatic rings. The number of carbonyl (C=O) groups is 4. The minimum absolute atomic E-state index is 0.0634. The molecule has 0 aliphatic heterocycles. The van der Waals surface area contributed by atoms with E-state index in [-0.39, 0.29) is 19.1 Å². The van der Waals surface area contributed by atoms with Gasteiger partial charge in [0.15, 0.2) is 0 Å². The first-order valence-corrected chi connectivity index (χ1v) is 16.3. The smallest absolute Gasteiger partial charge is 0.408 e. The van der Waals surface area contributed by atoms with Gasteiger partial charge in [-0.3, -0.25) is 14.4 Å². The Morgan fingerprint density at radius 3 is 2.25 bits per heavy atom. The fourth-order valence-electron chi connectivity index (χ4n) is 4.28. The summed E-state index contributed by atoms with van der Waals surface area (Å²) < 4.78 is 17.9. The van der Waals surface area contributed by atoms with E-state index in [1.807, 2.05) is 54.6 Å². The van der Waals surface area contributed by atoms with Gasteiger partial charge in [0.1, 0.15) is 22.9 Å². The van der Waals surface area contributed by atoms with E-state index in [4.69, 9.17) is 14.2 Å². The van der Waals surface area contributed by atoms with Crippen LogP contribution in [0.15, 0.2) is 67.0 Å². The molecule has 3 N–H and O–H groups in total. The number of hydrogen-bond acceptors (Lipinski definition) is 9. The molecule has 14 heteroatoms. The first-order chi connectivity index (χ1) is 22.6. The summed E-state index contributed by atoms with van der Waals surface area (Å²) in [5, 5.41) is 12.4. The first kappa shape index (κ1) is 37.9. The zero-order valence-electron chi connectivity index (χ0n) is 28.7. The average Bonchev–Trinajstić information content (AvgIpc) is 3.46. The van der Waals surface area contributed by atoms with E-state index in [9.17, 15) is 19.2 Å². The number of ether oxygens (including phenoxy) is 3. The highest BCUT2D eigenvalue weighted by Gasteiger charge is 2.34. The number of hydrogen-bond donors (Lipinski definition) is 3. The topological polar surface area (TPSA) is 153 Å². The summed E-state index contributed by atoms with van der Waals surface area (Å²) in [5.41, 5.74) is -0.0618. The van der Waals surface area contributed by atoms with E-state index in [0.29, 0.717) is 17.2 Å². The van der Waals surface area contributed by atoms with Crippen LogP contribution in [-0.2, 0) is 30.5 Å². The molecule has 3 rings (SSSR count). The van der Waals surface area contributed by atoms with Gasteiger partial charge in [-0.05, 0) is 69.8 Å². The number of nitrogens with one attached hydrogen (secondary N) is 3. The number of methoxy groups -OCH3 is 1. The summed E-state index contributed by atoms with van der Waals surface area (Å²) in [7, 11) is 5.00. The van der Waals surface area contributed by atoms with Crippen molar-refractivity contribution in [2.24, 2.45) is 0 Å². The molecule has 0 aliphatic rings. The minimum Gasteiger partial charge on any atom is -0.497 e. The van der Waals surface area contributed by atoms with Gasteiger partial charge in [0.2, 0.25) is 17.7 Å². The van der Waals surface area contributed by atoms with Crippen molar-refractivity contribution in [2.45, 2.75) is 64.3 Å². The molecular formula is C34H46N6O7S. The van der Waals surface area contributed by atoms with Crippen LogP contribution in [0.5, 0.6) is 5.75 Å². The highest BCUT2D eigenvalue weighted by Crippen LogP contribution is 2.26. The van der Waals surface area contributed by atoms with E-state index >= 15 is 0 Å². The lowest BCUT2D eigenvalue weighted by atomic mass is 10.00. The lowest BCUT2D eigenvalue weighted by molar-refractivity contribution is -0.131. The fraction of sp³-hybridized carbons (Fsp3) is 0.441. The Balaban J connectivity index is 1.70. The lowest BCUT2D eigenvalue weighted by Crippen LogP contribution is -2.59. The summed E-state index contributed by atoms with van der Waals surface area (Å²) >= 11 is 1.30. The number of nitrogens with zero attached hydrogens (tertiary/aromatic N) is 3. The van der Waals surface area contributed by atoms with Crippen LogP contribution in [-0.4, -0.2) is 88.6 Å². The van der Waals surface area contributed by atoms with Crippen LogP contribution < -0.4 is 20.7 Å². The van der Waals surface area contributed by atoms with E-state index in [2.05, 4.69) is 21.0 Å². The SMILES string of the molecule is COc1ccc(C(CSn2cc(NC(=O)[C@@H](COCc3ccccc3)NC(=O)C(C)(C)NC(=O)OC(C)(C)C)cn2)C(=O)N(C)C)cc1. The zero-order valence-corrected chi connectivity index (χ0v) is 29.6. The molecule has 0 radical (unpaired) electrons. The summed E-state index contributed by atoms with van der Waals surface area (Å²) in [6.45, 7) is 8.23. The third kappa shape index (κ3) is 11.9. The van der Waals surface area contributed by atoms with Gasteiger partial charge in [-0.2, -0.15) is 5.10 Å². The monoisotopic (exact) mass is 682 g/mol. The number of anilines is 1. The van der Waals surface area contributed by atoms with Gasteiger partial charge in [-0.25, -0.2) is 8.88 Å². The van der Waals surface area contributed by atoms with Crippen molar-refractivity contribution in [3.05, 3.63) is 78.1 Å².